The summed E-state index contributed by atoms with van der Waals surface area (Å²) in [6, 6.07) is 35.9. The summed E-state index contributed by atoms with van der Waals surface area (Å²) in [5.74, 6) is 0. The van der Waals surface area contributed by atoms with Crippen molar-refractivity contribution in [3.8, 4) is 0 Å². The van der Waals surface area contributed by atoms with Gasteiger partial charge in [0, 0.05) is 0 Å². The lowest BCUT2D eigenvalue weighted by Gasteiger charge is -2.32. The molecule has 0 bridgehead atoms. The second-order valence-electron chi connectivity index (χ2n) is 7.72. The fourth-order valence-electron chi connectivity index (χ4n) is 3.86. The fraction of sp³-hybridized carbons (Fsp3) is 0.143. The maximum atomic E-state index is 2.47. The molecule has 150 valence electrons. The Morgan fingerprint density at radius 2 is 0.833 bits per heavy atom. The molecule has 0 saturated carbocycles. The normalized spacial score (nSPS) is 12.2. The van der Waals surface area contributed by atoms with E-state index in [4.69, 9.17) is 0 Å². The lowest BCUT2D eigenvalue weighted by atomic mass is 10.00. The highest BCUT2D eigenvalue weighted by Gasteiger charge is 2.29. The van der Waals surface area contributed by atoms with Crippen LogP contribution < -0.4 is 21.2 Å². The summed E-state index contributed by atoms with van der Waals surface area (Å²) in [5, 5.41) is 5.88. The van der Waals surface area contributed by atoms with E-state index in [1.807, 2.05) is 0 Å². The Morgan fingerprint density at radius 3 is 1.27 bits per heavy atom. The van der Waals surface area contributed by atoms with E-state index in [1.165, 1.54) is 43.5 Å². The highest BCUT2D eigenvalue weighted by molar-refractivity contribution is 8.41. The Bertz CT molecular complexity index is 1080. The van der Waals surface area contributed by atoms with Crippen molar-refractivity contribution < 1.29 is 0 Å². The monoisotopic (exact) mass is 426 g/mol. The van der Waals surface area contributed by atoms with E-state index in [-0.39, 0.29) is 0 Å². The smallest absolute Gasteiger partial charge is 0.00974 e. The molecular formula is C28H28P2. The molecule has 0 saturated heterocycles. The minimum atomic E-state index is -0.568. The van der Waals surface area contributed by atoms with Crippen LogP contribution in [0.1, 0.15) is 22.3 Å². The molecule has 4 aromatic carbocycles. The van der Waals surface area contributed by atoms with Crippen LogP contribution in [0.25, 0.3) is 0 Å². The molecule has 2 heteroatoms. The molecule has 0 aliphatic carbocycles. The molecule has 1 unspecified atom stereocenters. The van der Waals surface area contributed by atoms with E-state index in [2.05, 4.69) is 125 Å². The largest absolute Gasteiger partial charge is 0.0622 e. The first-order valence-electron chi connectivity index (χ1n) is 10.4. The number of benzene rings is 4. The van der Waals surface area contributed by atoms with Crippen LogP contribution in [-0.2, 0) is 0 Å². The van der Waals surface area contributed by atoms with Crippen molar-refractivity contribution in [3.05, 3.63) is 119 Å². The molecule has 0 amide bonds. The third-order valence-corrected chi connectivity index (χ3v) is 13.5. The Kier molecular flexibility index (Phi) is 6.48. The predicted molar refractivity (Wildman–Crippen MR) is 137 cm³/mol. The highest BCUT2D eigenvalue weighted by atomic mass is 32.1. The van der Waals surface area contributed by atoms with Gasteiger partial charge in [-0.1, -0.05) is 97.1 Å². The van der Waals surface area contributed by atoms with Gasteiger partial charge in [0.1, 0.15) is 0 Å². The summed E-state index contributed by atoms with van der Waals surface area (Å²) < 4.78 is 0. The lowest BCUT2D eigenvalue weighted by Crippen LogP contribution is -2.22. The van der Waals surface area contributed by atoms with Crippen LogP contribution in [0.3, 0.4) is 0 Å². The molecule has 0 nitrogen and oxygen atoms in total. The van der Waals surface area contributed by atoms with E-state index in [9.17, 15) is 0 Å². The van der Waals surface area contributed by atoms with Crippen molar-refractivity contribution in [3.63, 3.8) is 0 Å². The van der Waals surface area contributed by atoms with E-state index < -0.39 is 15.2 Å². The molecule has 0 aliphatic heterocycles. The standard InChI is InChI=1S/C28H28P2/c1-21-20-28(24(4)23(3)22(21)2)30(27-18-12-7-13-19-27)29(25-14-8-5-9-15-25)26-16-10-6-11-17-26/h5-20H,1-4H3. The molecule has 1 atom stereocenters. The Hall–Kier alpha value is -2.26. The van der Waals surface area contributed by atoms with Crippen LogP contribution in [-0.4, -0.2) is 0 Å². The van der Waals surface area contributed by atoms with Gasteiger partial charge in [-0.25, -0.2) is 0 Å². The average Bonchev–Trinajstić information content (AvgIpc) is 2.80. The molecule has 30 heavy (non-hydrogen) atoms. The Labute approximate surface area is 183 Å². The minimum absolute atomic E-state index is 0.553. The maximum Gasteiger partial charge on any atom is -0.00974 e. The molecule has 0 fully saturated rings. The van der Waals surface area contributed by atoms with Crippen LogP contribution in [0.2, 0.25) is 0 Å². The van der Waals surface area contributed by atoms with Crippen molar-refractivity contribution >= 4 is 36.4 Å². The third-order valence-electron chi connectivity index (χ3n) is 5.88. The molecule has 0 radical (unpaired) electrons. The average molecular weight is 426 g/mol. The van der Waals surface area contributed by atoms with Crippen LogP contribution in [0.15, 0.2) is 97.1 Å². The highest BCUT2D eigenvalue weighted by Crippen LogP contribution is 2.66. The number of hydrogen-bond acceptors (Lipinski definition) is 0. The lowest BCUT2D eigenvalue weighted by molar-refractivity contribution is 1.23. The van der Waals surface area contributed by atoms with Crippen LogP contribution in [0, 0.1) is 27.7 Å². The third kappa shape index (κ3) is 4.13. The number of aryl methyl sites for hydroxylation is 1. The summed E-state index contributed by atoms with van der Waals surface area (Å²) in [4.78, 5) is 0. The molecular weight excluding hydrogens is 398 g/mol. The summed E-state index contributed by atoms with van der Waals surface area (Å²) in [6.45, 7) is 9.12. The van der Waals surface area contributed by atoms with Gasteiger partial charge in [-0.3, -0.25) is 0 Å². The molecule has 0 aromatic heterocycles. The van der Waals surface area contributed by atoms with Gasteiger partial charge >= 0.3 is 0 Å². The molecule has 0 heterocycles. The minimum Gasteiger partial charge on any atom is -0.0622 e. The predicted octanol–water partition coefficient (Wildman–Crippen LogP) is 6.40. The van der Waals surface area contributed by atoms with Crippen LogP contribution in [0.5, 0.6) is 0 Å². The molecule has 0 aliphatic rings. The Morgan fingerprint density at radius 1 is 0.433 bits per heavy atom. The van der Waals surface area contributed by atoms with Gasteiger partial charge in [-0.15, -0.1) is 0 Å². The first kappa shape index (κ1) is 21.0. The zero-order valence-corrected chi connectivity index (χ0v) is 19.9. The maximum absolute atomic E-state index is 2.47. The first-order chi connectivity index (χ1) is 14.6. The van der Waals surface area contributed by atoms with Gasteiger partial charge < -0.3 is 0 Å². The number of rotatable bonds is 5. The second-order valence-corrected chi connectivity index (χ2v) is 13.4. The second kappa shape index (κ2) is 9.26. The van der Waals surface area contributed by atoms with Gasteiger partial charge in [0.25, 0.3) is 0 Å². The quantitative estimate of drug-likeness (QED) is 0.324. The van der Waals surface area contributed by atoms with Crippen LogP contribution >= 0.6 is 15.2 Å². The van der Waals surface area contributed by atoms with Gasteiger partial charge in [0.15, 0.2) is 0 Å². The van der Waals surface area contributed by atoms with Gasteiger partial charge in [0.05, 0.1) is 0 Å². The summed E-state index contributed by atoms with van der Waals surface area (Å²) in [5.41, 5.74) is 5.70. The SMILES string of the molecule is Cc1cc(P(c2ccccc2)P(c2ccccc2)c2ccccc2)c(C)c(C)c1C. The summed E-state index contributed by atoms with van der Waals surface area (Å²) >= 11 is 0. The Balaban J connectivity index is 2.02. The van der Waals surface area contributed by atoms with E-state index in [0.29, 0.717) is 0 Å². The zero-order valence-electron chi connectivity index (χ0n) is 18.1. The van der Waals surface area contributed by atoms with Crippen molar-refractivity contribution in [2.45, 2.75) is 27.7 Å². The van der Waals surface area contributed by atoms with Crippen molar-refractivity contribution in [1.82, 2.24) is 0 Å². The molecule has 0 spiro atoms. The van der Waals surface area contributed by atoms with Gasteiger partial charge in [-0.2, -0.15) is 0 Å². The van der Waals surface area contributed by atoms with Crippen LogP contribution in [0.4, 0.5) is 0 Å². The zero-order chi connectivity index (χ0) is 21.1. The van der Waals surface area contributed by atoms with Gasteiger partial charge in [-0.05, 0) is 86.4 Å². The first-order valence-corrected chi connectivity index (χ1v) is 13.8. The molecule has 4 rings (SSSR count). The summed E-state index contributed by atoms with van der Waals surface area (Å²) in [6.07, 6.45) is 0. The van der Waals surface area contributed by atoms with E-state index in [0.717, 1.165) is 0 Å². The van der Waals surface area contributed by atoms with Crippen molar-refractivity contribution in [1.29, 1.82) is 0 Å². The van der Waals surface area contributed by atoms with Gasteiger partial charge in [0.2, 0.25) is 0 Å². The summed E-state index contributed by atoms with van der Waals surface area (Å²) in [7, 11) is -1.12. The topological polar surface area (TPSA) is 0 Å². The van der Waals surface area contributed by atoms with Crippen molar-refractivity contribution in [2.75, 3.05) is 0 Å². The van der Waals surface area contributed by atoms with Crippen molar-refractivity contribution in [2.24, 2.45) is 0 Å². The van der Waals surface area contributed by atoms with E-state index >= 15 is 0 Å². The number of hydrogen-bond donors (Lipinski definition) is 0. The fourth-order valence-corrected chi connectivity index (χ4v) is 12.1. The molecule has 4 aromatic rings. The molecule has 0 N–H and O–H groups in total. The van der Waals surface area contributed by atoms with E-state index in [1.54, 1.807) is 0 Å².